The summed E-state index contributed by atoms with van der Waals surface area (Å²) < 4.78 is 5.33. The first-order valence-corrected chi connectivity index (χ1v) is 11.1. The number of hydrogen-bond donors (Lipinski definition) is 1. The number of methoxy groups -OCH3 is 1. The first-order valence-electron chi connectivity index (χ1n) is 10.2. The topological polar surface area (TPSA) is 44.8 Å². The Labute approximate surface area is 181 Å². The van der Waals surface area contributed by atoms with Gasteiger partial charge in [0.15, 0.2) is 0 Å². The molecule has 1 aromatic heterocycles. The zero-order valence-corrected chi connectivity index (χ0v) is 18.0. The second kappa shape index (κ2) is 9.78. The number of nitrogens with zero attached hydrogens (tertiary/aromatic N) is 2. The maximum Gasteiger partial charge on any atom is 0.234 e. The van der Waals surface area contributed by atoms with Crippen molar-refractivity contribution in [3.05, 3.63) is 82.6 Å². The molecule has 30 heavy (non-hydrogen) atoms. The lowest BCUT2D eigenvalue weighted by Gasteiger charge is -2.36. The fourth-order valence-electron chi connectivity index (χ4n) is 3.80. The van der Waals surface area contributed by atoms with E-state index < -0.39 is 0 Å². The quantitative estimate of drug-likeness (QED) is 0.631. The fraction of sp³-hybridized carbons (Fsp3) is 0.292. The molecule has 1 aliphatic rings. The van der Waals surface area contributed by atoms with Crippen LogP contribution in [0.15, 0.2) is 72.1 Å². The Morgan fingerprint density at radius 3 is 2.53 bits per heavy atom. The van der Waals surface area contributed by atoms with Crippen LogP contribution in [0.1, 0.15) is 16.5 Å². The summed E-state index contributed by atoms with van der Waals surface area (Å²) >= 11 is 1.67. The predicted molar refractivity (Wildman–Crippen MR) is 122 cm³/mol. The number of ether oxygens (including phenoxy) is 1. The molecule has 6 heteroatoms. The van der Waals surface area contributed by atoms with Gasteiger partial charge < -0.3 is 15.0 Å². The van der Waals surface area contributed by atoms with E-state index in [0.717, 1.165) is 42.4 Å². The smallest absolute Gasteiger partial charge is 0.234 e. The van der Waals surface area contributed by atoms with E-state index in [1.54, 1.807) is 18.4 Å². The van der Waals surface area contributed by atoms with Gasteiger partial charge in [-0.1, -0.05) is 42.5 Å². The van der Waals surface area contributed by atoms with Crippen LogP contribution in [0.25, 0.3) is 0 Å². The minimum atomic E-state index is -0.100. The lowest BCUT2D eigenvalue weighted by atomic mass is 10.1. The average molecular weight is 422 g/mol. The standard InChI is InChI=1S/C24H27N3O2S/c1-29-21-10-5-9-20(17-21)27-14-12-26(13-15-27)18-23(28)25-24(22-11-6-16-30-22)19-7-3-2-4-8-19/h2-11,16-17,24H,12-15,18H2,1H3,(H,25,28)/t24-/m0/s1. The highest BCUT2D eigenvalue weighted by Crippen LogP contribution is 2.26. The van der Waals surface area contributed by atoms with Crippen LogP contribution in [0.2, 0.25) is 0 Å². The molecule has 0 radical (unpaired) electrons. The molecule has 5 nitrogen and oxygen atoms in total. The summed E-state index contributed by atoms with van der Waals surface area (Å²) in [5.41, 5.74) is 2.27. The van der Waals surface area contributed by atoms with E-state index in [4.69, 9.17) is 4.74 Å². The molecule has 1 fully saturated rings. The van der Waals surface area contributed by atoms with E-state index in [1.807, 2.05) is 36.4 Å². The Balaban J connectivity index is 1.34. The first kappa shape index (κ1) is 20.4. The number of carbonyl (C=O) groups excluding carboxylic acids is 1. The van der Waals surface area contributed by atoms with Crippen LogP contribution in [0.5, 0.6) is 5.75 Å². The number of amides is 1. The SMILES string of the molecule is COc1cccc(N2CCN(CC(=O)N[C@@H](c3ccccc3)c3cccs3)CC2)c1. The Morgan fingerprint density at radius 1 is 1.03 bits per heavy atom. The highest BCUT2D eigenvalue weighted by molar-refractivity contribution is 7.10. The number of rotatable bonds is 7. The number of benzene rings is 2. The van der Waals surface area contributed by atoms with E-state index in [-0.39, 0.29) is 11.9 Å². The van der Waals surface area contributed by atoms with Crippen LogP contribution in [0.3, 0.4) is 0 Å². The van der Waals surface area contributed by atoms with Gasteiger partial charge in [-0.15, -0.1) is 11.3 Å². The molecular weight excluding hydrogens is 394 g/mol. The van der Waals surface area contributed by atoms with Crippen molar-refractivity contribution in [2.45, 2.75) is 6.04 Å². The summed E-state index contributed by atoms with van der Waals surface area (Å²) in [4.78, 5) is 18.6. The monoisotopic (exact) mass is 421 g/mol. The molecule has 4 rings (SSSR count). The minimum absolute atomic E-state index is 0.0621. The van der Waals surface area contributed by atoms with Crippen LogP contribution in [-0.4, -0.2) is 50.6 Å². The van der Waals surface area contributed by atoms with Gasteiger partial charge in [-0.2, -0.15) is 0 Å². The number of hydrogen-bond acceptors (Lipinski definition) is 5. The molecular formula is C24H27N3O2S. The normalized spacial score (nSPS) is 15.6. The first-order chi connectivity index (χ1) is 14.7. The van der Waals surface area contributed by atoms with E-state index >= 15 is 0 Å². The number of piperazine rings is 1. The molecule has 1 saturated heterocycles. The third-order valence-corrected chi connectivity index (χ3v) is 6.36. The van der Waals surface area contributed by atoms with Gasteiger partial charge in [-0.3, -0.25) is 9.69 Å². The molecule has 0 saturated carbocycles. The highest BCUT2D eigenvalue weighted by atomic mass is 32.1. The van der Waals surface area contributed by atoms with Gasteiger partial charge in [-0.25, -0.2) is 0 Å². The largest absolute Gasteiger partial charge is 0.497 e. The van der Waals surface area contributed by atoms with Crippen LogP contribution >= 0.6 is 11.3 Å². The molecule has 0 unspecified atom stereocenters. The Morgan fingerprint density at radius 2 is 1.83 bits per heavy atom. The molecule has 0 bridgehead atoms. The second-order valence-corrected chi connectivity index (χ2v) is 8.37. The Bertz CT molecular complexity index is 938. The van der Waals surface area contributed by atoms with E-state index in [9.17, 15) is 4.79 Å². The zero-order chi connectivity index (χ0) is 20.8. The molecule has 0 aliphatic carbocycles. The number of nitrogens with one attached hydrogen (secondary N) is 1. The van der Waals surface area contributed by atoms with Crippen molar-refractivity contribution in [3.63, 3.8) is 0 Å². The van der Waals surface area contributed by atoms with Crippen molar-refractivity contribution < 1.29 is 9.53 Å². The fourth-order valence-corrected chi connectivity index (χ4v) is 4.60. The Kier molecular flexibility index (Phi) is 6.67. The molecule has 1 aliphatic heterocycles. The maximum atomic E-state index is 12.8. The third-order valence-electron chi connectivity index (χ3n) is 5.42. The minimum Gasteiger partial charge on any atom is -0.497 e. The predicted octanol–water partition coefficient (Wildman–Crippen LogP) is 3.78. The van der Waals surface area contributed by atoms with Gasteiger partial charge in [0.1, 0.15) is 5.75 Å². The molecule has 1 atom stereocenters. The van der Waals surface area contributed by atoms with Crippen molar-refractivity contribution in [1.29, 1.82) is 0 Å². The van der Waals surface area contributed by atoms with Crippen molar-refractivity contribution in [1.82, 2.24) is 10.2 Å². The highest BCUT2D eigenvalue weighted by Gasteiger charge is 2.22. The van der Waals surface area contributed by atoms with Crippen molar-refractivity contribution in [2.75, 3.05) is 44.7 Å². The van der Waals surface area contributed by atoms with Crippen LogP contribution < -0.4 is 15.0 Å². The van der Waals surface area contributed by atoms with Crippen molar-refractivity contribution in [3.8, 4) is 5.75 Å². The molecule has 1 amide bonds. The third kappa shape index (κ3) is 5.01. The van der Waals surface area contributed by atoms with Crippen molar-refractivity contribution in [2.24, 2.45) is 0 Å². The lowest BCUT2D eigenvalue weighted by molar-refractivity contribution is -0.122. The summed E-state index contributed by atoms with van der Waals surface area (Å²) in [7, 11) is 1.69. The van der Waals surface area contributed by atoms with Crippen LogP contribution in [0.4, 0.5) is 5.69 Å². The average Bonchev–Trinajstić information content (AvgIpc) is 3.33. The summed E-state index contributed by atoms with van der Waals surface area (Å²) in [5, 5.41) is 5.29. The second-order valence-electron chi connectivity index (χ2n) is 7.39. The van der Waals surface area contributed by atoms with Crippen LogP contribution in [-0.2, 0) is 4.79 Å². The number of thiophene rings is 1. The van der Waals surface area contributed by atoms with Crippen LogP contribution in [0, 0.1) is 0 Å². The lowest BCUT2D eigenvalue weighted by Crippen LogP contribution is -2.49. The number of anilines is 1. The van der Waals surface area contributed by atoms with Gasteiger partial charge in [0.25, 0.3) is 0 Å². The van der Waals surface area contributed by atoms with Gasteiger partial charge >= 0.3 is 0 Å². The Hall–Kier alpha value is -2.83. The van der Waals surface area contributed by atoms with Crippen molar-refractivity contribution >= 4 is 22.9 Å². The summed E-state index contributed by atoms with van der Waals surface area (Å²) in [6, 6.07) is 22.3. The maximum absolute atomic E-state index is 12.8. The van der Waals surface area contributed by atoms with Gasteiger partial charge in [0.05, 0.1) is 19.7 Å². The molecule has 156 valence electrons. The number of carbonyl (C=O) groups is 1. The molecule has 1 N–H and O–H groups in total. The summed E-state index contributed by atoms with van der Waals surface area (Å²) in [5.74, 6) is 0.932. The molecule has 2 heterocycles. The van der Waals surface area contributed by atoms with E-state index in [0.29, 0.717) is 6.54 Å². The zero-order valence-electron chi connectivity index (χ0n) is 17.2. The summed E-state index contributed by atoms with van der Waals surface area (Å²) in [6.45, 7) is 3.93. The van der Waals surface area contributed by atoms with Gasteiger partial charge in [-0.05, 0) is 29.1 Å². The molecule has 3 aromatic rings. The van der Waals surface area contributed by atoms with E-state index in [2.05, 4.69) is 50.8 Å². The summed E-state index contributed by atoms with van der Waals surface area (Å²) in [6.07, 6.45) is 0. The van der Waals surface area contributed by atoms with Gasteiger partial charge in [0.2, 0.25) is 5.91 Å². The van der Waals surface area contributed by atoms with Gasteiger partial charge in [0, 0.05) is 42.8 Å². The molecule has 0 spiro atoms. The van der Waals surface area contributed by atoms with E-state index in [1.165, 1.54) is 5.69 Å². The molecule has 2 aromatic carbocycles.